The Morgan fingerprint density at radius 3 is 2.45 bits per heavy atom. The standard InChI is InChI=1S/C14H21NO4S/c1-11-4-7-13(8-5-11)20(17,18)15-10-12(2)6-9-14(16)19-3/h4-5,7-8,12,15H,6,9-10H2,1-3H3. The van der Waals surface area contributed by atoms with Crippen molar-refractivity contribution >= 4 is 16.0 Å². The molecule has 0 bridgehead atoms. The molecule has 0 aliphatic carbocycles. The molecule has 1 rings (SSSR count). The van der Waals surface area contributed by atoms with Crippen LogP contribution in [0.15, 0.2) is 29.2 Å². The maximum atomic E-state index is 12.0. The SMILES string of the molecule is COC(=O)CCC(C)CNS(=O)(=O)c1ccc(C)cc1. The van der Waals surface area contributed by atoms with Crippen molar-refractivity contribution in [3.63, 3.8) is 0 Å². The summed E-state index contributed by atoms with van der Waals surface area (Å²) >= 11 is 0. The van der Waals surface area contributed by atoms with Gasteiger partial charge >= 0.3 is 5.97 Å². The predicted octanol–water partition coefficient (Wildman–Crippen LogP) is 1.86. The summed E-state index contributed by atoms with van der Waals surface area (Å²) in [6.07, 6.45) is 0.882. The van der Waals surface area contributed by atoms with E-state index in [0.717, 1.165) is 5.56 Å². The van der Waals surface area contributed by atoms with E-state index in [9.17, 15) is 13.2 Å². The first-order valence-corrected chi connectivity index (χ1v) is 7.96. The molecule has 0 spiro atoms. The second-order valence-electron chi connectivity index (χ2n) is 4.88. The Bertz CT molecular complexity index is 537. The zero-order valence-corrected chi connectivity index (χ0v) is 12.9. The second kappa shape index (κ2) is 7.40. The fourth-order valence-electron chi connectivity index (χ4n) is 1.62. The van der Waals surface area contributed by atoms with E-state index in [1.807, 2.05) is 13.8 Å². The monoisotopic (exact) mass is 299 g/mol. The molecule has 1 unspecified atom stereocenters. The van der Waals surface area contributed by atoms with Crippen molar-refractivity contribution in [3.8, 4) is 0 Å². The molecule has 0 aliphatic heterocycles. The summed E-state index contributed by atoms with van der Waals surface area (Å²) in [6.45, 7) is 4.09. The highest BCUT2D eigenvalue weighted by Gasteiger charge is 2.15. The number of hydrogen-bond acceptors (Lipinski definition) is 4. The van der Waals surface area contributed by atoms with Crippen molar-refractivity contribution < 1.29 is 17.9 Å². The fourth-order valence-corrected chi connectivity index (χ4v) is 2.79. The van der Waals surface area contributed by atoms with E-state index < -0.39 is 10.0 Å². The van der Waals surface area contributed by atoms with Crippen molar-refractivity contribution in [3.05, 3.63) is 29.8 Å². The van der Waals surface area contributed by atoms with E-state index in [1.165, 1.54) is 7.11 Å². The van der Waals surface area contributed by atoms with Crippen molar-refractivity contribution in [1.82, 2.24) is 4.72 Å². The fraction of sp³-hybridized carbons (Fsp3) is 0.500. The van der Waals surface area contributed by atoms with Gasteiger partial charge < -0.3 is 4.74 Å². The molecule has 0 aromatic heterocycles. The van der Waals surface area contributed by atoms with Crippen LogP contribution in [0.4, 0.5) is 0 Å². The number of sulfonamides is 1. The molecule has 0 fully saturated rings. The number of carbonyl (C=O) groups excluding carboxylic acids is 1. The molecule has 1 atom stereocenters. The molecule has 1 N–H and O–H groups in total. The number of rotatable bonds is 7. The second-order valence-corrected chi connectivity index (χ2v) is 6.65. The summed E-state index contributed by atoms with van der Waals surface area (Å²) < 4.78 is 31.2. The molecule has 112 valence electrons. The molecular formula is C14H21NO4S. The van der Waals surface area contributed by atoms with Gasteiger partial charge in [0.2, 0.25) is 10.0 Å². The Hall–Kier alpha value is -1.40. The molecule has 0 aliphatic rings. The van der Waals surface area contributed by atoms with Gasteiger partial charge in [-0.3, -0.25) is 4.79 Å². The van der Waals surface area contributed by atoms with Crippen LogP contribution >= 0.6 is 0 Å². The number of esters is 1. The molecule has 0 amide bonds. The molecule has 20 heavy (non-hydrogen) atoms. The van der Waals surface area contributed by atoms with Crippen LogP contribution in [-0.2, 0) is 19.6 Å². The largest absolute Gasteiger partial charge is 0.469 e. The van der Waals surface area contributed by atoms with Crippen LogP contribution in [0.1, 0.15) is 25.3 Å². The summed E-state index contributed by atoms with van der Waals surface area (Å²) in [5.74, 6) is -0.215. The zero-order valence-electron chi connectivity index (χ0n) is 12.0. The molecule has 0 saturated carbocycles. The highest BCUT2D eigenvalue weighted by molar-refractivity contribution is 7.89. The van der Waals surface area contributed by atoms with Crippen LogP contribution in [0.25, 0.3) is 0 Å². The van der Waals surface area contributed by atoms with E-state index in [2.05, 4.69) is 9.46 Å². The number of ether oxygens (including phenoxy) is 1. The zero-order chi connectivity index (χ0) is 15.2. The average Bonchev–Trinajstić information content (AvgIpc) is 2.43. The van der Waals surface area contributed by atoms with Crippen molar-refractivity contribution in [1.29, 1.82) is 0 Å². The predicted molar refractivity (Wildman–Crippen MR) is 76.8 cm³/mol. The third-order valence-corrected chi connectivity index (χ3v) is 4.46. The van der Waals surface area contributed by atoms with Crippen LogP contribution in [0, 0.1) is 12.8 Å². The average molecular weight is 299 g/mol. The first-order chi connectivity index (χ1) is 9.35. The third-order valence-electron chi connectivity index (χ3n) is 3.02. The van der Waals surface area contributed by atoms with Gasteiger partial charge in [-0.25, -0.2) is 13.1 Å². The highest BCUT2D eigenvalue weighted by Crippen LogP contribution is 2.11. The number of aryl methyl sites for hydroxylation is 1. The van der Waals surface area contributed by atoms with Crippen LogP contribution in [0.5, 0.6) is 0 Å². The van der Waals surface area contributed by atoms with Gasteiger partial charge in [-0.05, 0) is 31.4 Å². The first-order valence-electron chi connectivity index (χ1n) is 6.48. The van der Waals surface area contributed by atoms with Crippen LogP contribution in [-0.4, -0.2) is 28.0 Å². The van der Waals surface area contributed by atoms with Crippen molar-refractivity contribution in [2.24, 2.45) is 5.92 Å². The number of nitrogens with one attached hydrogen (secondary N) is 1. The Labute approximate surface area is 120 Å². The summed E-state index contributed by atoms with van der Waals surface area (Å²) in [5.41, 5.74) is 1.01. The normalized spacial score (nSPS) is 12.9. The number of hydrogen-bond donors (Lipinski definition) is 1. The van der Waals surface area contributed by atoms with E-state index in [-0.39, 0.29) is 16.8 Å². The van der Waals surface area contributed by atoms with E-state index in [0.29, 0.717) is 19.4 Å². The van der Waals surface area contributed by atoms with Crippen molar-refractivity contribution in [2.45, 2.75) is 31.6 Å². The molecular weight excluding hydrogens is 278 g/mol. The van der Waals surface area contributed by atoms with E-state index in [1.54, 1.807) is 24.3 Å². The van der Waals surface area contributed by atoms with Gasteiger partial charge in [0.15, 0.2) is 0 Å². The van der Waals surface area contributed by atoms with Crippen LogP contribution in [0.2, 0.25) is 0 Å². The minimum atomic E-state index is -3.48. The highest BCUT2D eigenvalue weighted by atomic mass is 32.2. The van der Waals surface area contributed by atoms with Gasteiger partial charge in [0.1, 0.15) is 0 Å². The van der Waals surface area contributed by atoms with Gasteiger partial charge in [-0.2, -0.15) is 0 Å². The van der Waals surface area contributed by atoms with Gasteiger partial charge in [0.25, 0.3) is 0 Å². The summed E-state index contributed by atoms with van der Waals surface area (Å²) in [7, 11) is -2.14. The smallest absolute Gasteiger partial charge is 0.305 e. The summed E-state index contributed by atoms with van der Waals surface area (Å²) in [5, 5.41) is 0. The van der Waals surface area contributed by atoms with Gasteiger partial charge in [0.05, 0.1) is 12.0 Å². The molecule has 0 saturated heterocycles. The van der Waals surface area contributed by atoms with Gasteiger partial charge in [0, 0.05) is 13.0 Å². The molecule has 0 radical (unpaired) electrons. The maximum Gasteiger partial charge on any atom is 0.305 e. The van der Waals surface area contributed by atoms with Crippen LogP contribution in [0.3, 0.4) is 0 Å². The Morgan fingerprint density at radius 2 is 1.90 bits per heavy atom. The minimum absolute atomic E-state index is 0.0642. The quantitative estimate of drug-likeness (QED) is 0.780. The van der Waals surface area contributed by atoms with E-state index >= 15 is 0 Å². The maximum absolute atomic E-state index is 12.0. The number of benzene rings is 1. The Kier molecular flexibility index (Phi) is 6.16. The number of methoxy groups -OCH3 is 1. The lowest BCUT2D eigenvalue weighted by Gasteiger charge is -2.12. The first kappa shape index (κ1) is 16.7. The summed E-state index contributed by atoms with van der Waals surface area (Å²) in [6, 6.07) is 6.68. The number of carbonyl (C=O) groups is 1. The third kappa shape index (κ3) is 5.30. The van der Waals surface area contributed by atoms with Crippen LogP contribution < -0.4 is 4.72 Å². The summed E-state index contributed by atoms with van der Waals surface area (Å²) in [4.78, 5) is 11.3. The van der Waals surface area contributed by atoms with Gasteiger partial charge in [-0.1, -0.05) is 24.6 Å². The Balaban J connectivity index is 2.51. The molecule has 1 aromatic rings. The molecule has 0 heterocycles. The lowest BCUT2D eigenvalue weighted by Crippen LogP contribution is -2.28. The molecule has 1 aromatic carbocycles. The lowest BCUT2D eigenvalue weighted by atomic mass is 10.1. The minimum Gasteiger partial charge on any atom is -0.469 e. The topological polar surface area (TPSA) is 72.5 Å². The van der Waals surface area contributed by atoms with Crippen molar-refractivity contribution in [2.75, 3.05) is 13.7 Å². The van der Waals surface area contributed by atoms with E-state index in [4.69, 9.17) is 0 Å². The Morgan fingerprint density at radius 1 is 1.30 bits per heavy atom. The lowest BCUT2D eigenvalue weighted by molar-refractivity contribution is -0.140. The molecule has 6 heteroatoms. The van der Waals surface area contributed by atoms with Gasteiger partial charge in [-0.15, -0.1) is 0 Å². The molecule has 5 nitrogen and oxygen atoms in total.